The molecule has 1 amide bonds. The molecule has 0 aliphatic rings. The van der Waals surface area contributed by atoms with Crippen molar-refractivity contribution < 1.29 is 18.7 Å². The summed E-state index contributed by atoms with van der Waals surface area (Å²) in [7, 11) is 0. The van der Waals surface area contributed by atoms with Crippen LogP contribution >= 0.6 is 0 Å². The number of ether oxygens (including phenoxy) is 1. The van der Waals surface area contributed by atoms with Crippen LogP contribution in [0.4, 0.5) is 0 Å². The lowest BCUT2D eigenvalue weighted by molar-refractivity contribution is -0.129. The Morgan fingerprint density at radius 3 is 2.52 bits per heavy atom. The first-order chi connectivity index (χ1) is 11.1. The molecule has 23 heavy (non-hydrogen) atoms. The van der Waals surface area contributed by atoms with E-state index in [0.29, 0.717) is 6.54 Å². The minimum absolute atomic E-state index is 0.0837. The van der Waals surface area contributed by atoms with E-state index >= 15 is 0 Å². The molecule has 5 nitrogen and oxygen atoms in total. The highest BCUT2D eigenvalue weighted by Crippen LogP contribution is 2.18. The minimum atomic E-state index is -0.874. The monoisotopic (exact) mass is 315 g/mol. The Bertz CT molecular complexity index is 622. The van der Waals surface area contributed by atoms with Crippen LogP contribution in [0.3, 0.4) is 0 Å². The SMILES string of the molecule is CC[C@@H](CNC(=O)[C@H](C)OC(=O)c1ccco1)c1ccccc1. The molecule has 122 valence electrons. The molecular formula is C18H21NO4. The van der Waals surface area contributed by atoms with Crippen molar-refractivity contribution in [3.63, 3.8) is 0 Å². The fraction of sp³-hybridized carbons (Fsp3) is 0.333. The predicted octanol–water partition coefficient (Wildman–Crippen LogP) is 3.13. The summed E-state index contributed by atoms with van der Waals surface area (Å²) in [5.74, 6) is -0.652. The minimum Gasteiger partial charge on any atom is -0.457 e. The maximum absolute atomic E-state index is 12.1. The Kier molecular flexibility index (Phi) is 5.97. The van der Waals surface area contributed by atoms with Gasteiger partial charge < -0.3 is 14.5 Å². The number of hydrogen-bond donors (Lipinski definition) is 1. The van der Waals surface area contributed by atoms with E-state index in [1.54, 1.807) is 13.0 Å². The van der Waals surface area contributed by atoms with Crippen molar-refractivity contribution in [2.75, 3.05) is 6.54 Å². The molecule has 0 spiro atoms. The van der Waals surface area contributed by atoms with E-state index in [1.165, 1.54) is 17.9 Å². The van der Waals surface area contributed by atoms with Crippen LogP contribution in [0, 0.1) is 0 Å². The van der Waals surface area contributed by atoms with Crippen LogP contribution < -0.4 is 5.32 Å². The molecule has 0 saturated heterocycles. The number of hydrogen-bond acceptors (Lipinski definition) is 4. The Morgan fingerprint density at radius 1 is 1.17 bits per heavy atom. The van der Waals surface area contributed by atoms with E-state index in [2.05, 4.69) is 12.2 Å². The molecule has 2 rings (SSSR count). The van der Waals surface area contributed by atoms with Gasteiger partial charge in [0.2, 0.25) is 5.76 Å². The van der Waals surface area contributed by atoms with Gasteiger partial charge in [-0.2, -0.15) is 0 Å². The fourth-order valence-corrected chi connectivity index (χ4v) is 2.26. The Labute approximate surface area is 135 Å². The molecule has 0 aliphatic heterocycles. The molecule has 0 unspecified atom stereocenters. The number of nitrogens with one attached hydrogen (secondary N) is 1. The summed E-state index contributed by atoms with van der Waals surface area (Å²) < 4.78 is 10.0. The molecule has 0 saturated carbocycles. The van der Waals surface area contributed by atoms with Gasteiger partial charge in [-0.1, -0.05) is 37.3 Å². The highest BCUT2D eigenvalue weighted by atomic mass is 16.6. The van der Waals surface area contributed by atoms with Gasteiger partial charge in [-0.05, 0) is 31.0 Å². The van der Waals surface area contributed by atoms with Gasteiger partial charge in [0.05, 0.1) is 6.26 Å². The molecule has 1 N–H and O–H groups in total. The molecule has 1 aromatic heterocycles. The number of carbonyl (C=O) groups is 2. The van der Waals surface area contributed by atoms with Gasteiger partial charge in [-0.25, -0.2) is 4.79 Å². The first kappa shape index (κ1) is 16.8. The molecule has 0 fully saturated rings. The van der Waals surface area contributed by atoms with Gasteiger partial charge in [0.1, 0.15) is 0 Å². The number of carbonyl (C=O) groups excluding carboxylic acids is 2. The summed E-state index contributed by atoms with van der Waals surface area (Å²) in [6, 6.07) is 13.1. The first-order valence-electron chi connectivity index (χ1n) is 7.69. The summed E-state index contributed by atoms with van der Waals surface area (Å²) in [4.78, 5) is 23.8. The molecule has 2 atom stereocenters. The summed E-state index contributed by atoms with van der Waals surface area (Å²) >= 11 is 0. The number of amides is 1. The zero-order chi connectivity index (χ0) is 16.7. The maximum atomic E-state index is 12.1. The molecule has 2 aromatic rings. The summed E-state index contributed by atoms with van der Waals surface area (Å²) in [6.45, 7) is 4.12. The number of rotatable bonds is 7. The van der Waals surface area contributed by atoms with Crippen LogP contribution in [-0.2, 0) is 9.53 Å². The lowest BCUT2D eigenvalue weighted by Gasteiger charge is -2.18. The van der Waals surface area contributed by atoms with E-state index in [4.69, 9.17) is 9.15 Å². The standard InChI is InChI=1S/C18H21NO4/c1-3-14(15-8-5-4-6-9-15)12-19-17(20)13(2)23-18(21)16-10-7-11-22-16/h4-11,13-14H,3,12H2,1-2H3,(H,19,20)/t13-,14-/m0/s1. The van der Waals surface area contributed by atoms with Crippen LogP contribution in [0.5, 0.6) is 0 Å². The Morgan fingerprint density at radius 2 is 1.91 bits per heavy atom. The topological polar surface area (TPSA) is 68.5 Å². The van der Waals surface area contributed by atoms with Crippen molar-refractivity contribution in [2.24, 2.45) is 0 Å². The quantitative estimate of drug-likeness (QED) is 0.797. The van der Waals surface area contributed by atoms with Crippen molar-refractivity contribution in [2.45, 2.75) is 32.3 Å². The van der Waals surface area contributed by atoms with Gasteiger partial charge in [-0.3, -0.25) is 4.79 Å². The second-order valence-corrected chi connectivity index (χ2v) is 5.29. The van der Waals surface area contributed by atoms with Crippen LogP contribution in [0.15, 0.2) is 53.1 Å². The first-order valence-corrected chi connectivity index (χ1v) is 7.69. The number of furan rings is 1. The van der Waals surface area contributed by atoms with Gasteiger partial charge >= 0.3 is 5.97 Å². The highest BCUT2D eigenvalue weighted by molar-refractivity contribution is 5.89. The predicted molar refractivity (Wildman–Crippen MR) is 86.1 cm³/mol. The lowest BCUT2D eigenvalue weighted by atomic mass is 9.96. The second kappa shape index (κ2) is 8.17. The summed E-state index contributed by atoms with van der Waals surface area (Å²) in [6.07, 6.45) is 1.42. The van der Waals surface area contributed by atoms with Gasteiger partial charge in [0.25, 0.3) is 5.91 Å². The molecule has 5 heteroatoms. The van der Waals surface area contributed by atoms with Crippen molar-refractivity contribution in [1.29, 1.82) is 0 Å². The van der Waals surface area contributed by atoms with Crippen molar-refractivity contribution in [3.8, 4) is 0 Å². The van der Waals surface area contributed by atoms with Gasteiger partial charge in [0.15, 0.2) is 6.10 Å². The molecule has 1 heterocycles. The second-order valence-electron chi connectivity index (χ2n) is 5.29. The average molecular weight is 315 g/mol. The third kappa shape index (κ3) is 4.71. The molecule has 1 aromatic carbocycles. The van der Waals surface area contributed by atoms with E-state index in [9.17, 15) is 9.59 Å². The summed E-state index contributed by atoms with van der Waals surface area (Å²) in [5.41, 5.74) is 1.18. The van der Waals surface area contributed by atoms with Crippen LogP contribution in [-0.4, -0.2) is 24.5 Å². The average Bonchev–Trinajstić information content (AvgIpc) is 3.10. The largest absolute Gasteiger partial charge is 0.457 e. The fourth-order valence-electron chi connectivity index (χ4n) is 2.26. The van der Waals surface area contributed by atoms with Gasteiger partial charge in [0, 0.05) is 12.5 Å². The zero-order valence-electron chi connectivity index (χ0n) is 13.3. The van der Waals surface area contributed by atoms with Gasteiger partial charge in [-0.15, -0.1) is 0 Å². The maximum Gasteiger partial charge on any atom is 0.374 e. The molecule has 0 aliphatic carbocycles. The summed E-state index contributed by atoms with van der Waals surface area (Å²) in [5, 5.41) is 2.84. The number of benzene rings is 1. The van der Waals surface area contributed by atoms with Crippen molar-refractivity contribution in [1.82, 2.24) is 5.32 Å². The molecule has 0 bridgehead atoms. The van der Waals surface area contributed by atoms with E-state index in [1.807, 2.05) is 30.3 Å². The van der Waals surface area contributed by atoms with Crippen LogP contribution in [0.1, 0.15) is 42.3 Å². The normalized spacial score (nSPS) is 13.1. The smallest absolute Gasteiger partial charge is 0.374 e. The zero-order valence-corrected chi connectivity index (χ0v) is 13.3. The third-order valence-corrected chi connectivity index (χ3v) is 3.66. The number of esters is 1. The van der Waals surface area contributed by atoms with Crippen LogP contribution in [0.2, 0.25) is 0 Å². The lowest BCUT2D eigenvalue weighted by Crippen LogP contribution is -2.37. The van der Waals surface area contributed by atoms with E-state index in [-0.39, 0.29) is 17.6 Å². The van der Waals surface area contributed by atoms with E-state index < -0.39 is 12.1 Å². The van der Waals surface area contributed by atoms with Crippen molar-refractivity contribution >= 4 is 11.9 Å². The van der Waals surface area contributed by atoms with Crippen LogP contribution in [0.25, 0.3) is 0 Å². The Balaban J connectivity index is 1.84. The molecular weight excluding hydrogens is 294 g/mol. The third-order valence-electron chi connectivity index (χ3n) is 3.66. The van der Waals surface area contributed by atoms with E-state index in [0.717, 1.165) is 6.42 Å². The Hall–Kier alpha value is -2.56. The van der Waals surface area contributed by atoms with Crippen molar-refractivity contribution in [3.05, 3.63) is 60.1 Å². The molecule has 0 radical (unpaired) electrons. The highest BCUT2D eigenvalue weighted by Gasteiger charge is 2.21.